The molecule has 2 saturated heterocycles. The molecule has 11 heteroatoms. The highest BCUT2D eigenvalue weighted by molar-refractivity contribution is 7.98. The SMILES string of the molecule is CCOC(=O)C1CCN(C(=O)c2ccc(CSc3nc(COC)cc(N4CCN(c5ccccc5F)CC4)n3)cc2)CC1. The van der Waals surface area contributed by atoms with Crippen LogP contribution in [0.2, 0.25) is 0 Å². The van der Waals surface area contributed by atoms with Crippen molar-refractivity contribution in [2.75, 3.05) is 62.8 Å². The smallest absolute Gasteiger partial charge is 0.309 e. The zero-order valence-corrected chi connectivity index (χ0v) is 25.5. The molecule has 0 aliphatic carbocycles. The number of hydrogen-bond donors (Lipinski definition) is 0. The van der Waals surface area contributed by atoms with Crippen molar-refractivity contribution < 1.29 is 23.5 Å². The molecule has 43 heavy (non-hydrogen) atoms. The third kappa shape index (κ3) is 7.83. The van der Waals surface area contributed by atoms with E-state index in [-0.39, 0.29) is 23.6 Å². The summed E-state index contributed by atoms with van der Waals surface area (Å²) in [5, 5.41) is 0.658. The van der Waals surface area contributed by atoms with Crippen LogP contribution in [-0.4, -0.2) is 79.7 Å². The van der Waals surface area contributed by atoms with Gasteiger partial charge in [-0.3, -0.25) is 9.59 Å². The Morgan fingerprint density at radius 3 is 2.33 bits per heavy atom. The fourth-order valence-corrected chi connectivity index (χ4v) is 6.27. The molecule has 9 nitrogen and oxygen atoms in total. The number of halogens is 1. The molecule has 5 rings (SSSR count). The third-order valence-electron chi connectivity index (χ3n) is 7.81. The first-order chi connectivity index (χ1) is 20.9. The van der Waals surface area contributed by atoms with Crippen LogP contribution in [-0.2, 0) is 26.6 Å². The van der Waals surface area contributed by atoms with Gasteiger partial charge in [-0.05, 0) is 49.6 Å². The van der Waals surface area contributed by atoms with Gasteiger partial charge in [-0.1, -0.05) is 36.0 Å². The number of piperazine rings is 1. The zero-order chi connectivity index (χ0) is 30.2. The predicted octanol–water partition coefficient (Wildman–Crippen LogP) is 4.80. The highest BCUT2D eigenvalue weighted by Gasteiger charge is 2.28. The summed E-state index contributed by atoms with van der Waals surface area (Å²) in [6, 6.07) is 16.5. The lowest BCUT2D eigenvalue weighted by atomic mass is 9.96. The number of nitrogens with zero attached hydrogens (tertiary/aromatic N) is 5. The predicted molar refractivity (Wildman–Crippen MR) is 165 cm³/mol. The number of rotatable bonds is 10. The number of likely N-dealkylation sites (tertiary alicyclic amines) is 1. The second-order valence-corrected chi connectivity index (χ2v) is 11.6. The van der Waals surface area contributed by atoms with Crippen molar-refractivity contribution in [1.82, 2.24) is 14.9 Å². The normalized spacial score (nSPS) is 15.9. The van der Waals surface area contributed by atoms with E-state index in [0.29, 0.717) is 74.4 Å². The van der Waals surface area contributed by atoms with Gasteiger partial charge in [-0.25, -0.2) is 14.4 Å². The number of aromatic nitrogens is 2. The van der Waals surface area contributed by atoms with Crippen molar-refractivity contribution in [2.24, 2.45) is 5.92 Å². The van der Waals surface area contributed by atoms with Gasteiger partial charge in [0.25, 0.3) is 5.91 Å². The van der Waals surface area contributed by atoms with Crippen LogP contribution in [0.4, 0.5) is 15.9 Å². The van der Waals surface area contributed by atoms with Crippen molar-refractivity contribution in [3.63, 3.8) is 0 Å². The third-order valence-corrected chi connectivity index (χ3v) is 8.72. The highest BCUT2D eigenvalue weighted by atomic mass is 32.2. The number of ether oxygens (including phenoxy) is 2. The molecule has 228 valence electrons. The van der Waals surface area contributed by atoms with E-state index in [4.69, 9.17) is 19.4 Å². The Bertz CT molecular complexity index is 1390. The number of piperidine rings is 1. The molecule has 2 aliphatic heterocycles. The van der Waals surface area contributed by atoms with Gasteiger partial charge >= 0.3 is 5.97 Å². The van der Waals surface area contributed by atoms with Crippen LogP contribution in [0.3, 0.4) is 0 Å². The number of para-hydroxylation sites is 1. The summed E-state index contributed by atoms with van der Waals surface area (Å²) in [4.78, 5) is 40.7. The fourth-order valence-electron chi connectivity index (χ4n) is 5.44. The number of carbonyl (C=O) groups is 2. The molecule has 0 bridgehead atoms. The number of hydrogen-bond acceptors (Lipinski definition) is 9. The minimum Gasteiger partial charge on any atom is -0.466 e. The lowest BCUT2D eigenvalue weighted by Crippen LogP contribution is -2.47. The molecule has 0 saturated carbocycles. The summed E-state index contributed by atoms with van der Waals surface area (Å²) in [5.41, 5.74) is 3.13. The first-order valence-electron chi connectivity index (χ1n) is 14.7. The average molecular weight is 608 g/mol. The monoisotopic (exact) mass is 607 g/mol. The van der Waals surface area contributed by atoms with Gasteiger partial charge in [0, 0.05) is 63.8 Å². The molecule has 2 aliphatic rings. The average Bonchev–Trinajstić information content (AvgIpc) is 3.04. The Balaban J connectivity index is 1.17. The van der Waals surface area contributed by atoms with Crippen LogP contribution in [0.5, 0.6) is 0 Å². The van der Waals surface area contributed by atoms with Crippen molar-refractivity contribution in [2.45, 2.75) is 37.3 Å². The highest BCUT2D eigenvalue weighted by Crippen LogP contribution is 2.27. The maximum absolute atomic E-state index is 14.3. The number of esters is 1. The van der Waals surface area contributed by atoms with Crippen LogP contribution < -0.4 is 9.80 Å². The van der Waals surface area contributed by atoms with E-state index < -0.39 is 0 Å². The van der Waals surface area contributed by atoms with Gasteiger partial charge in [-0.15, -0.1) is 0 Å². The van der Waals surface area contributed by atoms with Crippen molar-refractivity contribution in [3.8, 4) is 0 Å². The second kappa shape index (κ2) is 14.7. The molecule has 2 aromatic carbocycles. The Hall–Kier alpha value is -3.70. The van der Waals surface area contributed by atoms with Gasteiger partial charge in [0.05, 0.1) is 30.5 Å². The minimum absolute atomic E-state index is 0.0168. The van der Waals surface area contributed by atoms with E-state index in [2.05, 4.69) is 9.80 Å². The lowest BCUT2D eigenvalue weighted by molar-refractivity contribution is -0.149. The molecular weight excluding hydrogens is 569 g/mol. The summed E-state index contributed by atoms with van der Waals surface area (Å²) < 4.78 is 24.8. The number of thioether (sulfide) groups is 1. The molecule has 0 unspecified atom stereocenters. The van der Waals surface area contributed by atoms with Crippen LogP contribution in [0.25, 0.3) is 0 Å². The molecule has 0 spiro atoms. The first-order valence-corrected chi connectivity index (χ1v) is 15.7. The van der Waals surface area contributed by atoms with Crippen LogP contribution in [0, 0.1) is 11.7 Å². The fraction of sp³-hybridized carbons (Fsp3) is 0.438. The maximum Gasteiger partial charge on any atom is 0.309 e. The Morgan fingerprint density at radius 1 is 0.953 bits per heavy atom. The number of carbonyl (C=O) groups excluding carboxylic acids is 2. The van der Waals surface area contributed by atoms with Crippen molar-refractivity contribution in [3.05, 3.63) is 77.2 Å². The summed E-state index contributed by atoms with van der Waals surface area (Å²) in [6.45, 7) is 6.50. The second-order valence-electron chi connectivity index (χ2n) is 10.7. The standard InChI is InChI=1S/C32H38FN5O4S/c1-3-42-31(40)25-12-14-38(15-13-25)30(39)24-10-8-23(9-11-24)22-43-32-34-26(21-41-2)20-29(35-32)37-18-16-36(17-19-37)28-7-5-4-6-27(28)33/h4-11,20,25H,3,12-19,21-22H2,1-2H3. The minimum atomic E-state index is -0.202. The van der Waals surface area contributed by atoms with E-state index in [1.54, 1.807) is 13.2 Å². The zero-order valence-electron chi connectivity index (χ0n) is 24.7. The number of anilines is 2. The van der Waals surface area contributed by atoms with Gasteiger partial charge < -0.3 is 24.2 Å². The molecule has 0 N–H and O–H groups in total. The van der Waals surface area contributed by atoms with Gasteiger partial charge in [-0.2, -0.15) is 0 Å². The van der Waals surface area contributed by atoms with Crippen LogP contribution >= 0.6 is 11.8 Å². The topological polar surface area (TPSA) is 88.1 Å². The largest absolute Gasteiger partial charge is 0.466 e. The molecule has 0 radical (unpaired) electrons. The molecule has 0 atom stereocenters. The molecule has 1 aromatic heterocycles. The van der Waals surface area contributed by atoms with Gasteiger partial charge in [0.1, 0.15) is 11.6 Å². The number of amides is 1. The first kappa shape index (κ1) is 30.7. The van der Waals surface area contributed by atoms with Gasteiger partial charge in [0.15, 0.2) is 5.16 Å². The van der Waals surface area contributed by atoms with Crippen molar-refractivity contribution in [1.29, 1.82) is 0 Å². The number of benzene rings is 2. The van der Waals surface area contributed by atoms with E-state index >= 15 is 0 Å². The summed E-state index contributed by atoms with van der Waals surface area (Å²) in [6.07, 6.45) is 1.26. The van der Waals surface area contributed by atoms with Crippen molar-refractivity contribution >= 4 is 35.1 Å². The number of methoxy groups -OCH3 is 1. The molecule has 3 aromatic rings. The van der Waals surface area contributed by atoms with Crippen LogP contribution in [0.15, 0.2) is 59.8 Å². The van der Waals surface area contributed by atoms with E-state index in [0.717, 1.165) is 30.2 Å². The quantitative estimate of drug-likeness (QED) is 0.183. The van der Waals surface area contributed by atoms with Gasteiger partial charge in [0.2, 0.25) is 0 Å². The van der Waals surface area contributed by atoms with E-state index in [1.807, 2.05) is 54.3 Å². The van der Waals surface area contributed by atoms with E-state index in [9.17, 15) is 14.0 Å². The molecule has 1 amide bonds. The summed E-state index contributed by atoms with van der Waals surface area (Å²) in [7, 11) is 1.65. The lowest BCUT2D eigenvalue weighted by Gasteiger charge is -2.37. The Kier molecular flexibility index (Phi) is 10.5. The summed E-state index contributed by atoms with van der Waals surface area (Å²) in [5.74, 6) is 0.977. The Morgan fingerprint density at radius 2 is 1.65 bits per heavy atom. The maximum atomic E-state index is 14.3. The molecule has 2 fully saturated rings. The summed E-state index contributed by atoms with van der Waals surface area (Å²) >= 11 is 1.54. The van der Waals surface area contributed by atoms with Crippen LogP contribution in [0.1, 0.15) is 41.4 Å². The van der Waals surface area contributed by atoms with E-state index in [1.165, 1.54) is 17.8 Å². The molecular formula is C32H38FN5O4S. The molecule has 3 heterocycles. The Labute approximate surface area is 256 Å².